The second-order valence-electron chi connectivity index (χ2n) is 14.3. The molecule has 270 valence electrons. The van der Waals surface area contributed by atoms with Crippen molar-refractivity contribution in [3.05, 3.63) is 200 Å². The molecule has 9 aromatic carbocycles. The van der Waals surface area contributed by atoms with E-state index in [-0.39, 0.29) is 5.75 Å². The zero-order valence-electron chi connectivity index (χ0n) is 30.7. The highest BCUT2D eigenvalue weighted by molar-refractivity contribution is 6.23. The molecule has 0 spiro atoms. The molecule has 0 bridgehead atoms. The summed E-state index contributed by atoms with van der Waals surface area (Å²) in [5.41, 5.74) is 10.9. The van der Waals surface area contributed by atoms with Gasteiger partial charge in [-0.3, -0.25) is 0 Å². The van der Waals surface area contributed by atoms with Gasteiger partial charge in [0.05, 0.1) is 11.4 Å². The van der Waals surface area contributed by atoms with E-state index >= 15 is 0 Å². The number of hydrogen-bond donors (Lipinski definition) is 1. The molecule has 0 aliphatic rings. The van der Waals surface area contributed by atoms with Crippen LogP contribution in [0, 0.1) is 0 Å². The molecule has 0 saturated heterocycles. The molecular formula is C52H34N2O3. The highest BCUT2D eigenvalue weighted by Crippen LogP contribution is 2.48. The third-order valence-corrected chi connectivity index (χ3v) is 10.9. The molecular weight excluding hydrogens is 701 g/mol. The number of para-hydroxylation sites is 5. The van der Waals surface area contributed by atoms with E-state index in [0.29, 0.717) is 0 Å². The number of furan rings is 2. The topological polar surface area (TPSA) is 53.0 Å². The van der Waals surface area contributed by atoms with Gasteiger partial charge in [-0.1, -0.05) is 121 Å². The summed E-state index contributed by atoms with van der Waals surface area (Å²) in [5, 5.41) is 17.2. The predicted molar refractivity (Wildman–Crippen MR) is 235 cm³/mol. The highest BCUT2D eigenvalue weighted by atomic mass is 16.3. The number of anilines is 6. The number of benzene rings is 9. The third kappa shape index (κ3) is 5.40. The molecule has 0 radical (unpaired) electrons. The van der Waals surface area contributed by atoms with Crippen LogP contribution in [0.5, 0.6) is 5.75 Å². The van der Waals surface area contributed by atoms with E-state index in [0.717, 1.165) is 99.9 Å². The van der Waals surface area contributed by atoms with Crippen LogP contribution in [0.4, 0.5) is 34.1 Å². The van der Waals surface area contributed by atoms with Crippen molar-refractivity contribution in [1.29, 1.82) is 0 Å². The predicted octanol–water partition coefficient (Wildman–Crippen LogP) is 15.0. The fourth-order valence-electron chi connectivity index (χ4n) is 8.38. The second kappa shape index (κ2) is 13.2. The van der Waals surface area contributed by atoms with Crippen LogP contribution in [0.3, 0.4) is 0 Å². The van der Waals surface area contributed by atoms with Gasteiger partial charge in [0.15, 0.2) is 5.58 Å². The van der Waals surface area contributed by atoms with Crippen LogP contribution in [0.2, 0.25) is 0 Å². The van der Waals surface area contributed by atoms with Gasteiger partial charge in [0.2, 0.25) is 0 Å². The zero-order valence-corrected chi connectivity index (χ0v) is 30.7. The minimum absolute atomic E-state index is 0.245. The number of phenolic OH excluding ortho intramolecular Hbond substituents is 1. The lowest BCUT2D eigenvalue weighted by Crippen LogP contribution is -2.10. The normalized spacial score (nSPS) is 11.6. The summed E-state index contributed by atoms with van der Waals surface area (Å²) in [6.45, 7) is 0. The van der Waals surface area contributed by atoms with Gasteiger partial charge in [-0.05, 0) is 83.7 Å². The standard InChI is InChI=1S/C52H34N2O3/c55-47-27-11-9-21-39(47)34-15-13-20-37(31-34)54(36-18-5-2-6-19-36)46-33-50-51(42-24-8-7-22-40(42)46)44-32-38(29-30-49(44)56-50)53(35-16-3-1-4-17-35)45-26-14-25-43-41-23-10-12-28-48(41)57-52(43)45/h1-33,55H. The first-order chi connectivity index (χ1) is 28.2. The van der Waals surface area contributed by atoms with Crippen LogP contribution in [0.1, 0.15) is 0 Å². The van der Waals surface area contributed by atoms with Crippen LogP contribution < -0.4 is 9.80 Å². The first-order valence-electron chi connectivity index (χ1n) is 19.1. The van der Waals surface area contributed by atoms with E-state index < -0.39 is 0 Å². The Morgan fingerprint density at radius 1 is 0.351 bits per heavy atom. The molecule has 5 heteroatoms. The molecule has 11 aromatic rings. The van der Waals surface area contributed by atoms with Crippen molar-refractivity contribution >= 4 is 88.8 Å². The first-order valence-corrected chi connectivity index (χ1v) is 19.1. The summed E-state index contributed by atoms with van der Waals surface area (Å²) in [7, 11) is 0. The van der Waals surface area contributed by atoms with Gasteiger partial charge < -0.3 is 23.7 Å². The molecule has 0 fully saturated rings. The van der Waals surface area contributed by atoms with E-state index in [9.17, 15) is 5.11 Å². The van der Waals surface area contributed by atoms with Crippen molar-refractivity contribution in [2.24, 2.45) is 0 Å². The van der Waals surface area contributed by atoms with E-state index in [1.54, 1.807) is 6.07 Å². The fourth-order valence-corrected chi connectivity index (χ4v) is 8.38. The largest absolute Gasteiger partial charge is 0.507 e. The van der Waals surface area contributed by atoms with Gasteiger partial charge >= 0.3 is 0 Å². The molecule has 57 heavy (non-hydrogen) atoms. The Balaban J connectivity index is 1.13. The monoisotopic (exact) mass is 734 g/mol. The fraction of sp³-hybridized carbons (Fsp3) is 0. The van der Waals surface area contributed by atoms with Crippen LogP contribution in [0.25, 0.3) is 65.8 Å². The Morgan fingerprint density at radius 2 is 0.947 bits per heavy atom. The minimum Gasteiger partial charge on any atom is -0.507 e. The molecule has 2 aromatic heterocycles. The van der Waals surface area contributed by atoms with E-state index in [1.165, 1.54) is 0 Å². The van der Waals surface area contributed by atoms with Crippen LogP contribution in [-0.4, -0.2) is 5.11 Å². The maximum Gasteiger partial charge on any atom is 0.159 e. The molecule has 11 rings (SSSR count). The number of rotatable bonds is 7. The summed E-state index contributed by atoms with van der Waals surface area (Å²) in [6.07, 6.45) is 0. The quantitative estimate of drug-likeness (QED) is 0.177. The van der Waals surface area contributed by atoms with Gasteiger partial charge in [0.25, 0.3) is 0 Å². The van der Waals surface area contributed by atoms with Gasteiger partial charge in [-0.2, -0.15) is 0 Å². The lowest BCUT2D eigenvalue weighted by molar-refractivity contribution is 0.477. The number of aromatic hydroxyl groups is 1. The lowest BCUT2D eigenvalue weighted by atomic mass is 9.99. The van der Waals surface area contributed by atoms with E-state index in [4.69, 9.17) is 8.83 Å². The van der Waals surface area contributed by atoms with Crippen molar-refractivity contribution < 1.29 is 13.9 Å². The van der Waals surface area contributed by atoms with Crippen molar-refractivity contribution in [3.8, 4) is 16.9 Å². The summed E-state index contributed by atoms with van der Waals surface area (Å²) in [4.78, 5) is 4.54. The summed E-state index contributed by atoms with van der Waals surface area (Å²) in [6, 6.07) is 68.4. The summed E-state index contributed by atoms with van der Waals surface area (Å²) in [5.74, 6) is 0.245. The number of phenols is 1. The van der Waals surface area contributed by atoms with Crippen molar-refractivity contribution in [2.45, 2.75) is 0 Å². The molecule has 0 atom stereocenters. The highest BCUT2D eigenvalue weighted by Gasteiger charge is 2.23. The molecule has 5 nitrogen and oxygen atoms in total. The molecule has 1 N–H and O–H groups in total. The lowest BCUT2D eigenvalue weighted by Gasteiger charge is -2.27. The second-order valence-corrected chi connectivity index (χ2v) is 14.3. The van der Waals surface area contributed by atoms with Crippen LogP contribution in [-0.2, 0) is 0 Å². The van der Waals surface area contributed by atoms with Crippen molar-refractivity contribution in [1.82, 2.24) is 0 Å². The average molecular weight is 735 g/mol. The van der Waals surface area contributed by atoms with E-state index in [1.807, 2.05) is 54.6 Å². The first kappa shape index (κ1) is 32.7. The molecule has 0 aliphatic heterocycles. The Kier molecular flexibility index (Phi) is 7.57. The number of nitrogens with zero attached hydrogens (tertiary/aromatic N) is 2. The average Bonchev–Trinajstić information content (AvgIpc) is 3.84. The minimum atomic E-state index is 0.245. The maximum absolute atomic E-state index is 10.8. The zero-order chi connectivity index (χ0) is 37.9. The Labute approximate surface area is 328 Å². The van der Waals surface area contributed by atoms with Crippen LogP contribution >= 0.6 is 0 Å². The van der Waals surface area contributed by atoms with Crippen molar-refractivity contribution in [2.75, 3.05) is 9.80 Å². The number of fused-ring (bicyclic) bond motifs is 8. The molecule has 0 amide bonds. The SMILES string of the molecule is Oc1ccccc1-c1cccc(N(c2ccccc2)c2cc3oc4ccc(N(c5ccccc5)c5cccc6c5oc5ccccc56)cc4c3c3ccccc23)c1. The van der Waals surface area contributed by atoms with Crippen molar-refractivity contribution in [3.63, 3.8) is 0 Å². The van der Waals surface area contributed by atoms with E-state index in [2.05, 4.69) is 149 Å². The smallest absolute Gasteiger partial charge is 0.159 e. The molecule has 2 heterocycles. The third-order valence-electron chi connectivity index (χ3n) is 10.9. The van der Waals surface area contributed by atoms with Gasteiger partial charge in [0.1, 0.15) is 22.5 Å². The summed E-state index contributed by atoms with van der Waals surface area (Å²) < 4.78 is 13.4. The number of hydrogen-bond acceptors (Lipinski definition) is 5. The van der Waals surface area contributed by atoms with Crippen LogP contribution in [0.15, 0.2) is 209 Å². The van der Waals surface area contributed by atoms with Gasteiger partial charge in [-0.15, -0.1) is 0 Å². The molecule has 0 unspecified atom stereocenters. The van der Waals surface area contributed by atoms with Gasteiger partial charge in [-0.25, -0.2) is 0 Å². The Morgan fingerprint density at radius 3 is 1.74 bits per heavy atom. The summed E-state index contributed by atoms with van der Waals surface area (Å²) >= 11 is 0. The Hall–Kier alpha value is -7.76. The molecule has 0 saturated carbocycles. The molecule has 0 aliphatic carbocycles. The van der Waals surface area contributed by atoms with Gasteiger partial charge in [0, 0.05) is 61.3 Å². The Bertz CT molecular complexity index is 3280. The maximum atomic E-state index is 10.8.